The second kappa shape index (κ2) is 5.35. The third-order valence-electron chi connectivity index (χ3n) is 2.80. The Hall–Kier alpha value is -0.570. The Balaban J connectivity index is 2.55. The summed E-state index contributed by atoms with van der Waals surface area (Å²) in [4.78, 5) is 13.5. The lowest BCUT2D eigenvalue weighted by atomic mass is 10.1. The molecular weight excluding hydrogens is 178 g/mol. The summed E-state index contributed by atoms with van der Waals surface area (Å²) in [5, 5.41) is 0. The second-order valence-electron chi connectivity index (χ2n) is 3.85. The first kappa shape index (κ1) is 11.5. The number of morpholine rings is 1. The molecule has 0 spiro atoms. The van der Waals surface area contributed by atoms with Gasteiger partial charge in [0.25, 0.3) is 0 Å². The number of amides is 1. The van der Waals surface area contributed by atoms with Crippen LogP contribution < -0.4 is 0 Å². The quantitative estimate of drug-likeness (QED) is 0.694. The first-order valence-corrected chi connectivity index (χ1v) is 5.64. The van der Waals surface area contributed by atoms with Crippen LogP contribution in [0.4, 0.5) is 0 Å². The smallest absolute Gasteiger partial charge is 0.222 e. The summed E-state index contributed by atoms with van der Waals surface area (Å²) >= 11 is 0. The molecule has 0 aromatic rings. The van der Waals surface area contributed by atoms with Gasteiger partial charge >= 0.3 is 0 Å². The van der Waals surface area contributed by atoms with E-state index in [4.69, 9.17) is 4.74 Å². The lowest BCUT2D eigenvalue weighted by Crippen LogP contribution is -2.49. The molecule has 0 saturated carbocycles. The minimum atomic E-state index is 0.240. The van der Waals surface area contributed by atoms with Gasteiger partial charge in [-0.2, -0.15) is 0 Å². The molecule has 0 aromatic carbocycles. The molecule has 0 N–H and O–H groups in total. The van der Waals surface area contributed by atoms with Crippen LogP contribution in [-0.4, -0.2) is 36.1 Å². The topological polar surface area (TPSA) is 29.5 Å². The number of hydrogen-bond acceptors (Lipinski definition) is 2. The molecule has 0 aromatic heterocycles. The van der Waals surface area contributed by atoms with E-state index in [0.29, 0.717) is 6.42 Å². The van der Waals surface area contributed by atoms with Gasteiger partial charge in [0.2, 0.25) is 5.91 Å². The van der Waals surface area contributed by atoms with Crippen LogP contribution in [0.5, 0.6) is 0 Å². The van der Waals surface area contributed by atoms with Crippen LogP contribution in [0, 0.1) is 0 Å². The number of carbonyl (C=O) groups excluding carboxylic acids is 1. The van der Waals surface area contributed by atoms with E-state index in [0.717, 1.165) is 25.9 Å². The first-order valence-electron chi connectivity index (χ1n) is 5.64. The Morgan fingerprint density at radius 3 is 2.07 bits per heavy atom. The van der Waals surface area contributed by atoms with E-state index in [-0.39, 0.29) is 18.1 Å². The Morgan fingerprint density at radius 2 is 1.71 bits per heavy atom. The van der Waals surface area contributed by atoms with Crippen molar-refractivity contribution in [3.63, 3.8) is 0 Å². The van der Waals surface area contributed by atoms with Crippen LogP contribution in [0.2, 0.25) is 0 Å². The fraction of sp³-hybridized carbons (Fsp3) is 0.909. The van der Waals surface area contributed by atoms with E-state index in [1.54, 1.807) is 0 Å². The molecule has 0 aliphatic carbocycles. The molecule has 3 nitrogen and oxygen atoms in total. The summed E-state index contributed by atoms with van der Waals surface area (Å²) in [5.41, 5.74) is 0. The highest BCUT2D eigenvalue weighted by atomic mass is 16.5. The van der Waals surface area contributed by atoms with Crippen molar-refractivity contribution in [2.75, 3.05) is 13.1 Å². The average Bonchev–Trinajstić information content (AvgIpc) is 2.27. The van der Waals surface area contributed by atoms with Crippen LogP contribution >= 0.6 is 0 Å². The van der Waals surface area contributed by atoms with Gasteiger partial charge in [0.05, 0.1) is 12.2 Å². The van der Waals surface area contributed by atoms with E-state index in [9.17, 15) is 4.79 Å². The zero-order valence-electron chi connectivity index (χ0n) is 9.45. The van der Waals surface area contributed by atoms with Crippen molar-refractivity contribution in [2.45, 2.75) is 52.2 Å². The molecule has 1 fully saturated rings. The van der Waals surface area contributed by atoms with Crippen molar-refractivity contribution in [3.8, 4) is 0 Å². The molecule has 1 amide bonds. The lowest BCUT2D eigenvalue weighted by molar-refractivity contribution is -0.145. The van der Waals surface area contributed by atoms with Crippen LogP contribution in [0.1, 0.15) is 40.0 Å². The molecule has 1 heterocycles. The maximum atomic E-state index is 11.6. The molecule has 14 heavy (non-hydrogen) atoms. The molecule has 2 unspecified atom stereocenters. The van der Waals surface area contributed by atoms with Crippen LogP contribution in [0.25, 0.3) is 0 Å². The zero-order chi connectivity index (χ0) is 10.6. The van der Waals surface area contributed by atoms with Crippen LogP contribution in [0.15, 0.2) is 0 Å². The Morgan fingerprint density at radius 1 is 1.21 bits per heavy atom. The van der Waals surface area contributed by atoms with E-state index >= 15 is 0 Å². The molecule has 82 valence electrons. The fourth-order valence-corrected chi connectivity index (χ4v) is 1.80. The van der Waals surface area contributed by atoms with E-state index in [1.807, 2.05) is 11.8 Å². The standard InChI is InChI=1S/C11H21NO2/c1-4-9-7-12(11(13)6-3)8-10(5-2)14-9/h9-10H,4-8H2,1-3H3. The minimum Gasteiger partial charge on any atom is -0.371 e. The largest absolute Gasteiger partial charge is 0.371 e. The van der Waals surface area contributed by atoms with Gasteiger partial charge < -0.3 is 9.64 Å². The molecule has 1 aliphatic heterocycles. The van der Waals surface area contributed by atoms with Crippen LogP contribution in [0.3, 0.4) is 0 Å². The Labute approximate surface area is 86.4 Å². The Kier molecular flexibility index (Phi) is 4.39. The minimum absolute atomic E-state index is 0.240. The van der Waals surface area contributed by atoms with Gasteiger partial charge in [0.15, 0.2) is 0 Å². The molecule has 1 saturated heterocycles. The SMILES string of the molecule is CCC(=O)N1CC(CC)OC(CC)C1. The van der Waals surface area contributed by atoms with Gasteiger partial charge in [-0.1, -0.05) is 20.8 Å². The summed E-state index contributed by atoms with van der Waals surface area (Å²) in [6.07, 6.45) is 3.06. The van der Waals surface area contributed by atoms with Gasteiger partial charge in [-0.05, 0) is 12.8 Å². The maximum Gasteiger partial charge on any atom is 0.222 e. The molecule has 0 bridgehead atoms. The average molecular weight is 199 g/mol. The normalized spacial score (nSPS) is 27.8. The highest BCUT2D eigenvalue weighted by Crippen LogP contribution is 2.16. The molecule has 3 heteroatoms. The molecule has 1 aliphatic rings. The third-order valence-corrected chi connectivity index (χ3v) is 2.80. The highest BCUT2D eigenvalue weighted by Gasteiger charge is 2.27. The van der Waals surface area contributed by atoms with E-state index in [2.05, 4.69) is 13.8 Å². The van der Waals surface area contributed by atoms with Gasteiger partial charge in [-0.3, -0.25) is 4.79 Å². The summed E-state index contributed by atoms with van der Waals surface area (Å²) in [5.74, 6) is 0.255. The van der Waals surface area contributed by atoms with Crippen molar-refractivity contribution in [2.24, 2.45) is 0 Å². The Bertz CT molecular complexity index is 182. The van der Waals surface area contributed by atoms with Gasteiger partial charge in [0, 0.05) is 19.5 Å². The molecule has 1 rings (SSSR count). The van der Waals surface area contributed by atoms with Crippen molar-refractivity contribution in [3.05, 3.63) is 0 Å². The zero-order valence-corrected chi connectivity index (χ0v) is 9.45. The van der Waals surface area contributed by atoms with E-state index in [1.165, 1.54) is 0 Å². The number of rotatable bonds is 3. The van der Waals surface area contributed by atoms with Gasteiger partial charge in [0.1, 0.15) is 0 Å². The maximum absolute atomic E-state index is 11.6. The first-order chi connectivity index (χ1) is 6.71. The number of nitrogens with zero attached hydrogens (tertiary/aromatic N) is 1. The number of ether oxygens (including phenoxy) is 1. The van der Waals surface area contributed by atoms with Gasteiger partial charge in [-0.15, -0.1) is 0 Å². The highest BCUT2D eigenvalue weighted by molar-refractivity contribution is 5.75. The number of carbonyl (C=O) groups is 1. The summed E-state index contributed by atoms with van der Waals surface area (Å²) in [6, 6.07) is 0. The predicted octanol–water partition coefficient (Wildman–Crippen LogP) is 1.81. The molecule has 0 radical (unpaired) electrons. The fourth-order valence-electron chi connectivity index (χ4n) is 1.80. The molecule has 2 atom stereocenters. The number of hydrogen-bond donors (Lipinski definition) is 0. The van der Waals surface area contributed by atoms with Crippen molar-refractivity contribution in [1.29, 1.82) is 0 Å². The third kappa shape index (κ3) is 2.71. The summed E-state index contributed by atoms with van der Waals surface area (Å²) < 4.78 is 5.82. The van der Waals surface area contributed by atoms with Crippen molar-refractivity contribution >= 4 is 5.91 Å². The summed E-state index contributed by atoms with van der Waals surface area (Å²) in [7, 11) is 0. The van der Waals surface area contributed by atoms with Crippen molar-refractivity contribution in [1.82, 2.24) is 4.90 Å². The van der Waals surface area contributed by atoms with Gasteiger partial charge in [-0.25, -0.2) is 0 Å². The monoisotopic (exact) mass is 199 g/mol. The lowest BCUT2D eigenvalue weighted by Gasteiger charge is -2.37. The second-order valence-corrected chi connectivity index (χ2v) is 3.85. The van der Waals surface area contributed by atoms with Crippen molar-refractivity contribution < 1.29 is 9.53 Å². The van der Waals surface area contributed by atoms with Crippen LogP contribution in [-0.2, 0) is 9.53 Å². The predicted molar refractivity (Wildman–Crippen MR) is 56.1 cm³/mol. The van der Waals surface area contributed by atoms with E-state index < -0.39 is 0 Å². The molecular formula is C11H21NO2. The summed E-state index contributed by atoms with van der Waals surface area (Å²) in [6.45, 7) is 7.69.